The minimum Gasteiger partial charge on any atom is -0.375 e. The third kappa shape index (κ3) is 5.19. The van der Waals surface area contributed by atoms with Crippen LogP contribution in [0.15, 0.2) is 24.3 Å². The Bertz CT molecular complexity index is 894. The third-order valence-corrected chi connectivity index (χ3v) is 5.42. The van der Waals surface area contributed by atoms with Gasteiger partial charge in [0, 0.05) is 32.3 Å². The van der Waals surface area contributed by atoms with Crippen LogP contribution >= 0.6 is 0 Å². The summed E-state index contributed by atoms with van der Waals surface area (Å²) < 4.78 is 4.92. The van der Waals surface area contributed by atoms with Gasteiger partial charge in [0.2, 0.25) is 17.7 Å². The Labute approximate surface area is 180 Å². The lowest BCUT2D eigenvalue weighted by Crippen LogP contribution is -2.64. The maximum atomic E-state index is 13.0. The second-order valence-electron chi connectivity index (χ2n) is 7.47. The molecule has 2 heterocycles. The Morgan fingerprint density at radius 1 is 1.26 bits per heavy atom. The van der Waals surface area contributed by atoms with E-state index in [1.807, 2.05) is 6.07 Å². The lowest BCUT2D eigenvalue weighted by atomic mass is 10.0. The van der Waals surface area contributed by atoms with Gasteiger partial charge < -0.3 is 25.2 Å². The van der Waals surface area contributed by atoms with Crippen LogP contribution in [0.1, 0.15) is 28.8 Å². The highest BCUT2D eigenvalue weighted by atomic mass is 16.5. The number of amides is 4. The fraction of sp³-hybridized carbons (Fsp3) is 0.476. The van der Waals surface area contributed by atoms with E-state index in [2.05, 4.69) is 10.6 Å². The zero-order valence-electron chi connectivity index (χ0n) is 17.3. The molecule has 2 aliphatic heterocycles. The molecule has 1 aromatic carbocycles. The first-order chi connectivity index (χ1) is 14.9. The van der Waals surface area contributed by atoms with E-state index in [0.29, 0.717) is 24.1 Å². The number of nitrogens with one attached hydrogen (secondary N) is 2. The highest BCUT2D eigenvalue weighted by Crippen LogP contribution is 2.16. The van der Waals surface area contributed by atoms with Gasteiger partial charge >= 0.3 is 0 Å². The molecule has 0 aliphatic carbocycles. The molecule has 10 nitrogen and oxygen atoms in total. The number of piperazine rings is 1. The minimum absolute atomic E-state index is 0.00549. The molecular weight excluding hydrogens is 402 g/mol. The molecule has 2 aliphatic rings. The molecule has 164 valence electrons. The summed E-state index contributed by atoms with van der Waals surface area (Å²) in [6.45, 7) is 0.798. The van der Waals surface area contributed by atoms with Crippen LogP contribution in [0.2, 0.25) is 0 Å². The summed E-state index contributed by atoms with van der Waals surface area (Å²) >= 11 is 0. The Morgan fingerprint density at radius 2 is 2.00 bits per heavy atom. The van der Waals surface area contributed by atoms with E-state index in [4.69, 9.17) is 10.00 Å². The molecule has 10 heteroatoms. The van der Waals surface area contributed by atoms with Gasteiger partial charge in [-0.15, -0.1) is 0 Å². The fourth-order valence-electron chi connectivity index (χ4n) is 3.74. The van der Waals surface area contributed by atoms with Crippen molar-refractivity contribution in [3.63, 3.8) is 0 Å². The van der Waals surface area contributed by atoms with Gasteiger partial charge in [-0.1, -0.05) is 0 Å². The second kappa shape index (κ2) is 10.0. The first-order valence-electron chi connectivity index (χ1n) is 10.1. The van der Waals surface area contributed by atoms with Gasteiger partial charge in [0.25, 0.3) is 5.91 Å². The summed E-state index contributed by atoms with van der Waals surface area (Å²) in [6, 6.07) is 6.63. The summed E-state index contributed by atoms with van der Waals surface area (Å²) in [5.41, 5.74) is 0.830. The van der Waals surface area contributed by atoms with Gasteiger partial charge in [-0.2, -0.15) is 5.26 Å². The number of nitriles is 1. The molecule has 0 radical (unpaired) electrons. The lowest BCUT2D eigenvalue weighted by molar-refractivity contribution is -0.146. The number of hydrogen-bond donors (Lipinski definition) is 2. The lowest BCUT2D eigenvalue weighted by Gasteiger charge is -2.41. The number of rotatable bonds is 5. The predicted molar refractivity (Wildman–Crippen MR) is 109 cm³/mol. The number of carbonyl (C=O) groups excluding carboxylic acids is 4. The van der Waals surface area contributed by atoms with E-state index >= 15 is 0 Å². The van der Waals surface area contributed by atoms with E-state index < -0.39 is 18.0 Å². The van der Waals surface area contributed by atoms with E-state index in [0.717, 1.165) is 6.42 Å². The number of benzene rings is 1. The first kappa shape index (κ1) is 22.2. The van der Waals surface area contributed by atoms with E-state index in [-0.39, 0.29) is 44.0 Å². The molecule has 0 saturated carbocycles. The molecule has 1 aromatic rings. The number of hydrogen-bond acceptors (Lipinski definition) is 6. The molecule has 2 saturated heterocycles. The largest absolute Gasteiger partial charge is 0.375 e. The monoisotopic (exact) mass is 427 g/mol. The van der Waals surface area contributed by atoms with Gasteiger partial charge in [-0.3, -0.25) is 19.2 Å². The Morgan fingerprint density at radius 3 is 2.65 bits per heavy atom. The van der Waals surface area contributed by atoms with Gasteiger partial charge in [0.05, 0.1) is 18.2 Å². The highest BCUT2D eigenvalue weighted by molar-refractivity contribution is 5.96. The van der Waals surface area contributed by atoms with Crippen LogP contribution in [0.25, 0.3) is 0 Å². The summed E-state index contributed by atoms with van der Waals surface area (Å²) in [5, 5.41) is 14.4. The van der Waals surface area contributed by atoms with Crippen LogP contribution < -0.4 is 10.6 Å². The van der Waals surface area contributed by atoms with Gasteiger partial charge in [0.1, 0.15) is 18.7 Å². The molecular formula is C21H25N5O5. The molecule has 2 atom stereocenters. The summed E-state index contributed by atoms with van der Waals surface area (Å²) in [6.07, 6.45) is 1.27. The van der Waals surface area contributed by atoms with Crippen LogP contribution in [-0.2, 0) is 19.1 Å². The van der Waals surface area contributed by atoms with Crippen molar-refractivity contribution in [1.29, 1.82) is 5.26 Å². The number of nitrogens with zero attached hydrogens (tertiary/aromatic N) is 3. The highest BCUT2D eigenvalue weighted by Gasteiger charge is 2.38. The van der Waals surface area contributed by atoms with E-state index in [1.165, 1.54) is 16.9 Å². The molecule has 3 rings (SSSR count). The molecule has 0 bridgehead atoms. The molecule has 0 unspecified atom stereocenters. The van der Waals surface area contributed by atoms with Crippen LogP contribution in [0.4, 0.5) is 0 Å². The van der Waals surface area contributed by atoms with Gasteiger partial charge in [-0.25, -0.2) is 0 Å². The topological polar surface area (TPSA) is 132 Å². The van der Waals surface area contributed by atoms with Crippen molar-refractivity contribution in [2.75, 3.05) is 39.9 Å². The van der Waals surface area contributed by atoms with Crippen LogP contribution in [0, 0.1) is 11.3 Å². The van der Waals surface area contributed by atoms with Crippen molar-refractivity contribution in [3.05, 3.63) is 35.4 Å². The van der Waals surface area contributed by atoms with Crippen molar-refractivity contribution in [2.45, 2.75) is 24.9 Å². The molecule has 2 N–H and O–H groups in total. The summed E-state index contributed by atoms with van der Waals surface area (Å²) in [5.74, 6) is -1.39. The van der Waals surface area contributed by atoms with Crippen LogP contribution in [-0.4, -0.2) is 85.4 Å². The average molecular weight is 427 g/mol. The molecule has 0 spiro atoms. The number of piperidine rings is 1. The smallest absolute Gasteiger partial charge is 0.253 e. The van der Waals surface area contributed by atoms with Crippen molar-refractivity contribution in [3.8, 4) is 6.07 Å². The quantitative estimate of drug-likeness (QED) is 0.636. The molecule has 4 amide bonds. The second-order valence-corrected chi connectivity index (χ2v) is 7.47. The molecule has 31 heavy (non-hydrogen) atoms. The van der Waals surface area contributed by atoms with E-state index in [9.17, 15) is 19.2 Å². The van der Waals surface area contributed by atoms with Crippen molar-refractivity contribution in [2.24, 2.45) is 0 Å². The minimum atomic E-state index is -0.937. The van der Waals surface area contributed by atoms with Gasteiger partial charge in [0.15, 0.2) is 0 Å². The fourth-order valence-corrected chi connectivity index (χ4v) is 3.74. The maximum absolute atomic E-state index is 13.0. The average Bonchev–Trinajstić information content (AvgIpc) is 2.80. The number of ether oxygens (including phenoxy) is 1. The summed E-state index contributed by atoms with van der Waals surface area (Å²) in [7, 11) is 1.39. The number of carbonyl (C=O) groups is 4. The zero-order valence-corrected chi connectivity index (χ0v) is 17.3. The Balaban J connectivity index is 1.76. The zero-order chi connectivity index (χ0) is 22.4. The van der Waals surface area contributed by atoms with Crippen molar-refractivity contribution < 1.29 is 23.9 Å². The van der Waals surface area contributed by atoms with E-state index in [1.54, 1.807) is 24.3 Å². The maximum Gasteiger partial charge on any atom is 0.253 e. The van der Waals surface area contributed by atoms with Crippen LogP contribution in [0.5, 0.6) is 0 Å². The SMILES string of the molecule is COCC(=O)N1CCN(C(=O)c2ccc(C#N)cc2)C[C@H]1C(=O)N[C@H]1CCCNC1=O. The first-order valence-corrected chi connectivity index (χ1v) is 10.1. The molecule has 0 aromatic heterocycles. The normalized spacial score (nSPS) is 21.1. The predicted octanol–water partition coefficient (Wildman–Crippen LogP) is -0.748. The Hall–Kier alpha value is -3.45. The van der Waals surface area contributed by atoms with Gasteiger partial charge in [-0.05, 0) is 37.1 Å². The summed E-state index contributed by atoms with van der Waals surface area (Å²) in [4.78, 5) is 53.4. The third-order valence-electron chi connectivity index (χ3n) is 5.42. The molecule has 2 fully saturated rings. The van der Waals surface area contributed by atoms with Crippen molar-refractivity contribution >= 4 is 23.6 Å². The standard InChI is InChI=1S/C21H25N5O5/c1-31-13-18(27)26-10-9-25(21(30)15-6-4-14(11-22)5-7-15)12-17(26)20(29)24-16-3-2-8-23-19(16)28/h4-7,16-17H,2-3,8-10,12-13H2,1H3,(H,23,28)(H,24,29)/t16-,17-/m0/s1. The number of methoxy groups -OCH3 is 1. The van der Waals surface area contributed by atoms with Crippen LogP contribution in [0.3, 0.4) is 0 Å². The van der Waals surface area contributed by atoms with Crippen molar-refractivity contribution in [1.82, 2.24) is 20.4 Å². The Kier molecular flexibility index (Phi) is 7.20.